The van der Waals surface area contributed by atoms with E-state index in [4.69, 9.17) is 18.9 Å². The van der Waals surface area contributed by atoms with E-state index in [-0.39, 0.29) is 24.1 Å². The van der Waals surface area contributed by atoms with Crippen molar-refractivity contribution in [2.45, 2.75) is 102 Å². The van der Waals surface area contributed by atoms with Gasteiger partial charge in [0.1, 0.15) is 23.7 Å². The molecule has 2 aliphatic carbocycles. The van der Waals surface area contributed by atoms with E-state index in [0.717, 1.165) is 110 Å². The van der Waals surface area contributed by atoms with Gasteiger partial charge in [0, 0.05) is 34.4 Å². The molecular weight excluding hydrogens is 504 g/mol. The molecule has 0 aliphatic heterocycles. The Balaban J connectivity index is 1.17. The van der Waals surface area contributed by atoms with Crippen molar-refractivity contribution in [3.05, 3.63) is 48.5 Å². The van der Waals surface area contributed by atoms with Gasteiger partial charge in [0.2, 0.25) is 0 Å². The summed E-state index contributed by atoms with van der Waals surface area (Å²) in [4.78, 5) is 24.3. The molecule has 0 N–H and O–H groups in total. The lowest BCUT2D eigenvalue weighted by atomic mass is 10.0. The summed E-state index contributed by atoms with van der Waals surface area (Å²) in [5.41, 5.74) is 0. The summed E-state index contributed by atoms with van der Waals surface area (Å²) in [6.45, 7) is 1.06. The Labute approximate surface area is 237 Å². The molecule has 0 heterocycles. The predicted molar refractivity (Wildman–Crippen MR) is 157 cm³/mol. The van der Waals surface area contributed by atoms with Crippen LogP contribution >= 0.6 is 0 Å². The Morgan fingerprint density at radius 2 is 0.900 bits per heavy atom. The highest BCUT2D eigenvalue weighted by molar-refractivity contribution is 6.11. The summed E-state index contributed by atoms with van der Waals surface area (Å²) in [6, 6.07) is 16.4. The minimum atomic E-state index is -0.0880. The predicted octanol–water partition coefficient (Wildman–Crippen LogP) is 8.06. The zero-order valence-electron chi connectivity index (χ0n) is 23.5. The number of hydrogen-bond acceptors (Lipinski definition) is 6. The van der Waals surface area contributed by atoms with Crippen LogP contribution < -0.4 is 9.47 Å². The van der Waals surface area contributed by atoms with Gasteiger partial charge in [0.05, 0.1) is 13.2 Å². The lowest BCUT2D eigenvalue weighted by Gasteiger charge is -2.18. The average molecular weight is 547 g/mol. The molecule has 0 bridgehead atoms. The fraction of sp³-hybridized carbons (Fsp3) is 0.529. The molecule has 40 heavy (non-hydrogen) atoms. The molecule has 214 valence electrons. The van der Waals surface area contributed by atoms with Crippen LogP contribution in [0.3, 0.4) is 0 Å². The van der Waals surface area contributed by atoms with Gasteiger partial charge in [0.25, 0.3) is 0 Å². The van der Waals surface area contributed by atoms with E-state index in [1.807, 2.05) is 24.3 Å². The van der Waals surface area contributed by atoms with E-state index < -0.39 is 0 Å². The Kier molecular flexibility index (Phi) is 10.2. The van der Waals surface area contributed by atoms with E-state index in [1.165, 1.54) is 0 Å². The quantitative estimate of drug-likeness (QED) is 0.116. The van der Waals surface area contributed by atoms with E-state index in [9.17, 15) is 9.59 Å². The number of esters is 2. The summed E-state index contributed by atoms with van der Waals surface area (Å²) in [6.07, 6.45) is 12.8. The van der Waals surface area contributed by atoms with Gasteiger partial charge in [0.15, 0.2) is 0 Å². The monoisotopic (exact) mass is 546 g/mol. The summed E-state index contributed by atoms with van der Waals surface area (Å²) in [5, 5.41) is 4.04. The Morgan fingerprint density at radius 3 is 1.25 bits per heavy atom. The molecule has 0 radical (unpaired) electrons. The minimum absolute atomic E-state index is 0.0880. The van der Waals surface area contributed by atoms with Crippen molar-refractivity contribution < 1.29 is 28.5 Å². The number of carbonyl (C=O) groups excluding carboxylic acids is 2. The third-order valence-electron chi connectivity index (χ3n) is 8.08. The van der Waals surface area contributed by atoms with Crippen LogP contribution in [-0.4, -0.2) is 37.4 Å². The molecule has 0 atom stereocenters. The van der Waals surface area contributed by atoms with Crippen molar-refractivity contribution in [3.8, 4) is 11.5 Å². The maximum Gasteiger partial charge on any atom is 0.306 e. The first kappa shape index (κ1) is 28.3. The minimum Gasteiger partial charge on any atom is -0.492 e. The second-order valence-corrected chi connectivity index (χ2v) is 11.2. The van der Waals surface area contributed by atoms with Crippen molar-refractivity contribution in [3.63, 3.8) is 0 Å². The zero-order chi connectivity index (χ0) is 27.6. The van der Waals surface area contributed by atoms with Crippen LogP contribution in [-0.2, 0) is 19.1 Å². The van der Waals surface area contributed by atoms with E-state index in [0.29, 0.717) is 26.1 Å². The zero-order valence-corrected chi connectivity index (χ0v) is 23.5. The SMILES string of the molecule is O=C(CCCCOc1c2ccccc2c(OCCCCC(=O)OC2CCCC2)c2ccccc12)OC1CCCC1. The highest BCUT2D eigenvalue weighted by Gasteiger charge is 2.20. The molecule has 0 saturated heterocycles. The molecule has 6 heteroatoms. The van der Waals surface area contributed by atoms with Crippen molar-refractivity contribution in [2.75, 3.05) is 13.2 Å². The van der Waals surface area contributed by atoms with Crippen LogP contribution in [0.2, 0.25) is 0 Å². The van der Waals surface area contributed by atoms with E-state index in [2.05, 4.69) is 24.3 Å². The van der Waals surface area contributed by atoms with Crippen LogP contribution in [0.15, 0.2) is 48.5 Å². The number of unbranched alkanes of at least 4 members (excludes halogenated alkanes) is 2. The molecular formula is C34H42O6. The first-order chi connectivity index (χ1) is 19.7. The first-order valence-electron chi connectivity index (χ1n) is 15.3. The maximum atomic E-state index is 12.1. The lowest BCUT2D eigenvalue weighted by Crippen LogP contribution is -2.14. The molecule has 2 aliphatic rings. The van der Waals surface area contributed by atoms with E-state index >= 15 is 0 Å². The van der Waals surface area contributed by atoms with Gasteiger partial charge in [-0.3, -0.25) is 9.59 Å². The van der Waals surface area contributed by atoms with Gasteiger partial charge >= 0.3 is 11.9 Å². The molecule has 0 unspecified atom stereocenters. The van der Waals surface area contributed by atoms with Crippen molar-refractivity contribution in [2.24, 2.45) is 0 Å². The smallest absolute Gasteiger partial charge is 0.306 e. The topological polar surface area (TPSA) is 71.1 Å². The van der Waals surface area contributed by atoms with Gasteiger partial charge in [-0.05, 0) is 77.0 Å². The molecule has 0 spiro atoms. The Hall–Kier alpha value is -3.28. The molecule has 2 fully saturated rings. The highest BCUT2D eigenvalue weighted by Crippen LogP contribution is 2.42. The normalized spacial score (nSPS) is 16.0. The van der Waals surface area contributed by atoms with Crippen LogP contribution in [0.4, 0.5) is 0 Å². The molecule has 3 aromatic rings. The largest absolute Gasteiger partial charge is 0.492 e. The number of hydrogen-bond donors (Lipinski definition) is 0. The molecule has 5 rings (SSSR count). The van der Waals surface area contributed by atoms with E-state index in [1.54, 1.807) is 0 Å². The number of fused-ring (bicyclic) bond motifs is 2. The number of ether oxygens (including phenoxy) is 4. The van der Waals surface area contributed by atoms with Crippen molar-refractivity contribution in [1.82, 2.24) is 0 Å². The fourth-order valence-corrected chi connectivity index (χ4v) is 5.95. The third kappa shape index (κ3) is 7.47. The molecule has 3 aromatic carbocycles. The molecule has 6 nitrogen and oxygen atoms in total. The summed E-state index contributed by atoms with van der Waals surface area (Å²) in [7, 11) is 0. The average Bonchev–Trinajstić information content (AvgIpc) is 3.68. The van der Waals surface area contributed by atoms with Gasteiger partial charge in [-0.15, -0.1) is 0 Å². The standard InChI is InChI=1S/C34H42O6/c35-31(39-25-13-1-2-14-25)21-9-11-23-37-33-27-17-5-7-19-29(27)34(30-20-8-6-18-28(30)33)38-24-12-10-22-32(36)40-26-15-3-4-16-26/h5-8,17-20,25-26H,1-4,9-16,21-24H2. The summed E-state index contributed by atoms with van der Waals surface area (Å²) >= 11 is 0. The fourth-order valence-electron chi connectivity index (χ4n) is 5.95. The van der Waals surface area contributed by atoms with Crippen LogP contribution in [0.5, 0.6) is 11.5 Å². The first-order valence-corrected chi connectivity index (χ1v) is 15.3. The van der Waals surface area contributed by atoms with Gasteiger partial charge in [-0.25, -0.2) is 0 Å². The molecule has 0 aromatic heterocycles. The van der Waals surface area contributed by atoms with Crippen LogP contribution in [0.25, 0.3) is 21.5 Å². The summed E-state index contributed by atoms with van der Waals surface area (Å²) in [5.74, 6) is 1.52. The van der Waals surface area contributed by atoms with Gasteiger partial charge in [-0.1, -0.05) is 48.5 Å². The Bertz CT molecular complexity index is 1120. The second kappa shape index (κ2) is 14.4. The van der Waals surface area contributed by atoms with Crippen LogP contribution in [0.1, 0.15) is 89.9 Å². The number of benzene rings is 3. The van der Waals surface area contributed by atoms with Gasteiger partial charge in [-0.2, -0.15) is 0 Å². The molecule has 0 amide bonds. The summed E-state index contributed by atoms with van der Waals surface area (Å²) < 4.78 is 23.9. The van der Waals surface area contributed by atoms with Crippen LogP contribution in [0, 0.1) is 0 Å². The van der Waals surface area contributed by atoms with Gasteiger partial charge < -0.3 is 18.9 Å². The second-order valence-electron chi connectivity index (χ2n) is 11.2. The molecule has 2 saturated carbocycles. The maximum absolute atomic E-state index is 12.1. The Morgan fingerprint density at radius 1 is 0.550 bits per heavy atom. The lowest BCUT2D eigenvalue weighted by molar-refractivity contribution is -0.149. The number of rotatable bonds is 14. The third-order valence-corrected chi connectivity index (χ3v) is 8.08. The van der Waals surface area contributed by atoms with Crippen molar-refractivity contribution >= 4 is 33.5 Å². The highest BCUT2D eigenvalue weighted by atomic mass is 16.5. The number of carbonyl (C=O) groups is 2. The van der Waals surface area contributed by atoms with Crippen molar-refractivity contribution in [1.29, 1.82) is 0 Å².